The fourth-order valence-electron chi connectivity index (χ4n) is 4.56. The lowest BCUT2D eigenvalue weighted by Crippen LogP contribution is -2.59. The van der Waals surface area contributed by atoms with E-state index in [0.717, 1.165) is 0 Å². The van der Waals surface area contributed by atoms with Crippen molar-refractivity contribution in [2.45, 2.75) is 29.9 Å². The molecular formula is C9H10ClN3O6. The van der Waals surface area contributed by atoms with Crippen molar-refractivity contribution >= 4 is 11.6 Å². The van der Waals surface area contributed by atoms with Crippen LogP contribution in [0.3, 0.4) is 0 Å². The van der Waals surface area contributed by atoms with Crippen LogP contribution in [0.15, 0.2) is 0 Å². The van der Waals surface area contributed by atoms with Gasteiger partial charge in [0.25, 0.3) is 0 Å². The van der Waals surface area contributed by atoms with Crippen molar-refractivity contribution in [3.63, 3.8) is 0 Å². The molecule has 6 atom stereocenters. The summed E-state index contributed by atoms with van der Waals surface area (Å²) in [5.74, 6) is -2.73. The maximum absolute atomic E-state index is 11.3. The normalized spacial score (nSPS) is 50.4. The fourth-order valence-corrected chi connectivity index (χ4v) is 5.00. The third kappa shape index (κ3) is 1.26. The molecule has 4 bridgehead atoms. The van der Waals surface area contributed by atoms with Gasteiger partial charge in [0.05, 0.1) is 0 Å². The summed E-state index contributed by atoms with van der Waals surface area (Å²) in [4.78, 5) is 29.6. The molecule has 19 heavy (non-hydrogen) atoms. The number of nitro groups is 3. The molecule has 6 unspecified atom stereocenters. The Kier molecular flexibility index (Phi) is 2.32. The molecule has 10 heteroatoms. The predicted molar refractivity (Wildman–Crippen MR) is 60.3 cm³/mol. The smallest absolute Gasteiger partial charge is 0.264 e. The first kappa shape index (κ1) is 12.5. The van der Waals surface area contributed by atoms with Gasteiger partial charge in [0.2, 0.25) is 12.1 Å². The van der Waals surface area contributed by atoms with E-state index in [1.165, 1.54) is 0 Å². The molecule has 4 fully saturated rings. The molecule has 0 aromatic heterocycles. The van der Waals surface area contributed by atoms with Crippen LogP contribution in [0.25, 0.3) is 0 Å². The van der Waals surface area contributed by atoms with Gasteiger partial charge in [0.15, 0.2) is 0 Å². The first-order valence-corrected chi connectivity index (χ1v) is 6.28. The Hall–Kier alpha value is -1.51. The van der Waals surface area contributed by atoms with Crippen LogP contribution in [-0.4, -0.2) is 31.9 Å². The van der Waals surface area contributed by atoms with Gasteiger partial charge in [-0.2, -0.15) is 0 Å². The lowest BCUT2D eigenvalue weighted by atomic mass is 9.72. The first-order valence-electron chi connectivity index (χ1n) is 5.90. The van der Waals surface area contributed by atoms with Crippen LogP contribution < -0.4 is 0 Å². The Morgan fingerprint density at radius 3 is 1.53 bits per heavy atom. The summed E-state index contributed by atoms with van der Waals surface area (Å²) in [6.45, 7) is 0. The summed E-state index contributed by atoms with van der Waals surface area (Å²) in [5, 5.41) is 33.5. The third-order valence-corrected chi connectivity index (χ3v) is 5.81. The molecular weight excluding hydrogens is 282 g/mol. The van der Waals surface area contributed by atoms with Crippen LogP contribution in [0.5, 0.6) is 0 Å². The molecule has 9 nitrogen and oxygen atoms in total. The topological polar surface area (TPSA) is 129 Å². The van der Waals surface area contributed by atoms with E-state index >= 15 is 0 Å². The summed E-state index contributed by atoms with van der Waals surface area (Å²) in [6, 6.07) is -2.26. The largest absolute Gasteiger partial charge is 0.313 e. The highest BCUT2D eigenvalue weighted by molar-refractivity contribution is 6.23. The highest BCUT2D eigenvalue weighted by atomic mass is 35.5. The molecule has 0 saturated heterocycles. The maximum Gasteiger partial charge on any atom is 0.313 e. The van der Waals surface area contributed by atoms with Gasteiger partial charge in [-0.1, -0.05) is 0 Å². The standard InChI is InChI=1S/C9H10ClN3O6/c10-9(13(18)19)5-1-3-4(8(5)12(16)17)2-6(9)7(3)11(14)15/h3-8H,1-2H2. The zero-order chi connectivity index (χ0) is 14.1. The van der Waals surface area contributed by atoms with Crippen LogP contribution >= 0.6 is 11.6 Å². The zero-order valence-electron chi connectivity index (χ0n) is 9.55. The van der Waals surface area contributed by atoms with E-state index in [1.54, 1.807) is 0 Å². The van der Waals surface area contributed by atoms with Crippen molar-refractivity contribution < 1.29 is 14.8 Å². The molecule has 4 aliphatic rings. The Labute approximate surface area is 111 Å². The highest BCUT2D eigenvalue weighted by Gasteiger charge is 2.82. The molecule has 104 valence electrons. The minimum absolute atomic E-state index is 0.100. The van der Waals surface area contributed by atoms with Crippen LogP contribution in [0.1, 0.15) is 12.8 Å². The summed E-state index contributed by atoms with van der Waals surface area (Å²) in [7, 11) is 0. The van der Waals surface area contributed by atoms with E-state index in [1.807, 2.05) is 0 Å². The van der Waals surface area contributed by atoms with Gasteiger partial charge in [-0.3, -0.25) is 30.3 Å². The lowest BCUT2D eigenvalue weighted by Gasteiger charge is -2.36. The molecule has 0 heterocycles. The molecule has 0 spiro atoms. The molecule has 0 aromatic carbocycles. The average molecular weight is 292 g/mol. The first-order chi connectivity index (χ1) is 8.80. The Balaban J connectivity index is 2.11. The average Bonchev–Trinajstić information content (AvgIpc) is 2.75. The molecule has 0 radical (unpaired) electrons. The van der Waals surface area contributed by atoms with Crippen LogP contribution in [0.2, 0.25) is 0 Å². The Bertz CT molecular complexity index is 464. The second-order valence-electron chi connectivity index (χ2n) is 5.55. The van der Waals surface area contributed by atoms with Gasteiger partial charge in [-0.05, 0) is 24.4 Å². The number of hydrogen-bond acceptors (Lipinski definition) is 6. The molecule has 0 amide bonds. The van der Waals surface area contributed by atoms with E-state index in [2.05, 4.69) is 0 Å². The van der Waals surface area contributed by atoms with Crippen molar-refractivity contribution in [2.75, 3.05) is 0 Å². The highest BCUT2D eigenvalue weighted by Crippen LogP contribution is 2.65. The fraction of sp³-hybridized carbons (Fsp3) is 1.00. The molecule has 0 aromatic rings. The minimum atomic E-state index is -2.07. The second kappa shape index (κ2) is 3.53. The van der Waals surface area contributed by atoms with E-state index in [9.17, 15) is 30.3 Å². The summed E-state index contributed by atoms with van der Waals surface area (Å²) >= 11 is 6.06. The minimum Gasteiger partial charge on any atom is -0.264 e. The van der Waals surface area contributed by atoms with Gasteiger partial charge in [-0.15, -0.1) is 0 Å². The van der Waals surface area contributed by atoms with Crippen molar-refractivity contribution in [2.24, 2.45) is 23.7 Å². The number of rotatable bonds is 3. The van der Waals surface area contributed by atoms with Crippen LogP contribution in [-0.2, 0) is 0 Å². The number of alkyl halides is 1. The van der Waals surface area contributed by atoms with Gasteiger partial charge < -0.3 is 0 Å². The van der Waals surface area contributed by atoms with Gasteiger partial charge in [0, 0.05) is 26.6 Å². The van der Waals surface area contributed by atoms with E-state index in [0.29, 0.717) is 0 Å². The molecule has 4 aliphatic carbocycles. The summed E-state index contributed by atoms with van der Waals surface area (Å²) in [5.41, 5.74) is 0. The Morgan fingerprint density at radius 1 is 0.895 bits per heavy atom. The van der Waals surface area contributed by atoms with Crippen LogP contribution in [0.4, 0.5) is 0 Å². The monoisotopic (exact) mass is 291 g/mol. The molecule has 4 saturated carbocycles. The van der Waals surface area contributed by atoms with Gasteiger partial charge >= 0.3 is 5.00 Å². The van der Waals surface area contributed by atoms with Gasteiger partial charge in [-0.25, -0.2) is 0 Å². The lowest BCUT2D eigenvalue weighted by molar-refractivity contribution is -0.620. The number of hydrogen-bond donors (Lipinski definition) is 0. The zero-order valence-corrected chi connectivity index (χ0v) is 10.3. The SMILES string of the molecule is O=[N+]([O-])C1C2CC3C([N+](=O)[O-])C2CC1C3(Cl)[N+](=O)[O-]. The van der Waals surface area contributed by atoms with Gasteiger partial charge in [0.1, 0.15) is 11.8 Å². The number of halogens is 1. The second-order valence-corrected chi connectivity index (χ2v) is 6.15. The third-order valence-electron chi connectivity index (χ3n) is 5.11. The van der Waals surface area contributed by atoms with E-state index < -0.39 is 55.5 Å². The Morgan fingerprint density at radius 2 is 1.26 bits per heavy atom. The van der Waals surface area contributed by atoms with Crippen molar-refractivity contribution in [1.82, 2.24) is 0 Å². The maximum atomic E-state index is 11.3. The molecule has 4 rings (SSSR count). The summed E-state index contributed by atoms with van der Waals surface area (Å²) in [6.07, 6.45) is 0.200. The van der Waals surface area contributed by atoms with Crippen LogP contribution in [0, 0.1) is 54.0 Å². The molecule has 0 N–H and O–H groups in total. The quantitative estimate of drug-likeness (QED) is 0.327. The summed E-state index contributed by atoms with van der Waals surface area (Å²) < 4.78 is 0. The van der Waals surface area contributed by atoms with Crippen molar-refractivity contribution in [3.8, 4) is 0 Å². The van der Waals surface area contributed by atoms with E-state index in [4.69, 9.17) is 11.6 Å². The van der Waals surface area contributed by atoms with Crippen molar-refractivity contribution in [3.05, 3.63) is 30.3 Å². The van der Waals surface area contributed by atoms with E-state index in [-0.39, 0.29) is 12.8 Å². The predicted octanol–water partition coefficient (Wildman–Crippen LogP) is 0.775. The molecule has 0 aliphatic heterocycles. The van der Waals surface area contributed by atoms with Crippen molar-refractivity contribution in [1.29, 1.82) is 0 Å². The number of nitrogens with zero attached hydrogens (tertiary/aromatic N) is 3.